The summed E-state index contributed by atoms with van der Waals surface area (Å²) in [4.78, 5) is 25.2. The Hall–Kier alpha value is -2.28. The van der Waals surface area contributed by atoms with Gasteiger partial charge < -0.3 is 20.8 Å². The van der Waals surface area contributed by atoms with Crippen molar-refractivity contribution < 1.29 is 19.9 Å². The number of nitrogens with one attached hydrogen (secondary N) is 2. The summed E-state index contributed by atoms with van der Waals surface area (Å²) < 4.78 is 1.08. The zero-order chi connectivity index (χ0) is 22.1. The average Bonchev–Trinajstić information content (AvgIpc) is 2.70. The van der Waals surface area contributed by atoms with Gasteiger partial charge in [-0.25, -0.2) is 0 Å². The second kappa shape index (κ2) is 11.8. The van der Waals surface area contributed by atoms with Crippen LogP contribution in [0.1, 0.15) is 15.9 Å². The highest BCUT2D eigenvalue weighted by Crippen LogP contribution is 2.27. The van der Waals surface area contributed by atoms with Gasteiger partial charge in [-0.05, 0) is 59.3 Å². The molecule has 2 aromatic carbocycles. The number of nitro groups is 1. The number of hydrogen-bond acceptors (Lipinski definition) is 7. The van der Waals surface area contributed by atoms with Crippen LogP contribution >= 0.6 is 22.6 Å². The summed E-state index contributed by atoms with van der Waals surface area (Å²) >= 11 is 2.21. The molecule has 30 heavy (non-hydrogen) atoms. The molecule has 0 radical (unpaired) electrons. The van der Waals surface area contributed by atoms with E-state index in [1.807, 2.05) is 30.0 Å². The van der Waals surface area contributed by atoms with Crippen molar-refractivity contribution in [2.45, 2.75) is 6.92 Å². The van der Waals surface area contributed by atoms with E-state index in [-0.39, 0.29) is 31.0 Å². The van der Waals surface area contributed by atoms with Gasteiger partial charge in [0.05, 0.1) is 29.4 Å². The summed E-state index contributed by atoms with van der Waals surface area (Å²) in [6.07, 6.45) is 0. The molecule has 0 spiro atoms. The lowest BCUT2D eigenvalue weighted by Crippen LogP contribution is -2.38. The summed E-state index contributed by atoms with van der Waals surface area (Å²) in [7, 11) is 0. The number of amides is 1. The Morgan fingerprint density at radius 3 is 2.37 bits per heavy atom. The molecule has 1 amide bonds. The van der Waals surface area contributed by atoms with Gasteiger partial charge in [0, 0.05) is 47.6 Å². The first-order valence-corrected chi connectivity index (χ1v) is 10.5. The van der Waals surface area contributed by atoms with Gasteiger partial charge in [0.25, 0.3) is 11.6 Å². The molecule has 0 aliphatic heterocycles. The maximum Gasteiger partial charge on any atom is 0.270 e. The predicted octanol–water partition coefficient (Wildman–Crippen LogP) is 2.27. The van der Waals surface area contributed by atoms with Crippen molar-refractivity contribution in [1.82, 2.24) is 10.2 Å². The van der Waals surface area contributed by atoms with Crippen molar-refractivity contribution in [3.05, 3.63) is 61.2 Å². The number of carbonyl (C=O) groups excluding carboxylic acids is 1. The zero-order valence-electron chi connectivity index (χ0n) is 16.6. The number of aliphatic hydroxyl groups is 2. The lowest BCUT2D eigenvalue weighted by molar-refractivity contribution is -0.384. The fourth-order valence-corrected chi connectivity index (χ4v) is 3.54. The summed E-state index contributed by atoms with van der Waals surface area (Å²) in [5.41, 5.74) is 2.24. The van der Waals surface area contributed by atoms with Crippen LogP contribution in [0.5, 0.6) is 0 Å². The minimum atomic E-state index is -0.541. The molecule has 0 saturated carbocycles. The summed E-state index contributed by atoms with van der Waals surface area (Å²) in [5.74, 6) is -0.447. The van der Waals surface area contributed by atoms with Gasteiger partial charge in [-0.15, -0.1) is 0 Å². The monoisotopic (exact) mass is 528 g/mol. The number of aryl methyl sites for hydroxylation is 1. The third-order valence-corrected chi connectivity index (χ3v) is 5.13. The molecule has 10 heteroatoms. The van der Waals surface area contributed by atoms with Gasteiger partial charge in [0.2, 0.25) is 0 Å². The second-order valence-electron chi connectivity index (χ2n) is 6.62. The standard InChI is InChI=1S/C20H25IN4O5/c1-14-12-15(21)2-4-18(14)23-19-5-3-16(25(29)30)13-17(19)20(28)22-6-7-24(8-10-26)9-11-27/h2-5,12-13,23,26-27H,6-11H2,1H3,(H,22,28). The number of hydrogen-bond donors (Lipinski definition) is 4. The van der Waals surface area contributed by atoms with E-state index in [0.717, 1.165) is 14.8 Å². The van der Waals surface area contributed by atoms with E-state index in [0.29, 0.717) is 25.3 Å². The normalized spacial score (nSPS) is 10.8. The smallest absolute Gasteiger partial charge is 0.270 e. The van der Waals surface area contributed by atoms with Crippen LogP contribution in [0, 0.1) is 20.6 Å². The topological polar surface area (TPSA) is 128 Å². The molecule has 0 unspecified atom stereocenters. The Balaban J connectivity index is 2.19. The number of anilines is 2. The van der Waals surface area contributed by atoms with Crippen molar-refractivity contribution in [3.63, 3.8) is 0 Å². The molecular formula is C20H25IN4O5. The second-order valence-corrected chi connectivity index (χ2v) is 7.86. The van der Waals surface area contributed by atoms with Crippen LogP contribution in [0.2, 0.25) is 0 Å². The number of nitro benzene ring substituents is 1. The number of non-ortho nitro benzene ring substituents is 1. The molecule has 0 aliphatic rings. The van der Waals surface area contributed by atoms with Gasteiger partial charge in [-0.3, -0.25) is 19.8 Å². The Morgan fingerprint density at radius 2 is 1.77 bits per heavy atom. The van der Waals surface area contributed by atoms with E-state index < -0.39 is 10.8 Å². The lowest BCUT2D eigenvalue weighted by Gasteiger charge is -2.20. The van der Waals surface area contributed by atoms with Crippen molar-refractivity contribution in [3.8, 4) is 0 Å². The van der Waals surface area contributed by atoms with Gasteiger partial charge >= 0.3 is 0 Å². The molecule has 0 aliphatic carbocycles. The summed E-state index contributed by atoms with van der Waals surface area (Å²) in [6, 6.07) is 9.93. The van der Waals surface area contributed by atoms with Crippen molar-refractivity contribution in [1.29, 1.82) is 0 Å². The van der Waals surface area contributed by atoms with Crippen LogP contribution in [0.15, 0.2) is 36.4 Å². The van der Waals surface area contributed by atoms with Crippen LogP contribution in [0.3, 0.4) is 0 Å². The fourth-order valence-electron chi connectivity index (χ4n) is 2.90. The highest BCUT2D eigenvalue weighted by Gasteiger charge is 2.18. The number of nitrogens with zero attached hydrogens (tertiary/aromatic N) is 2. The SMILES string of the molecule is Cc1cc(I)ccc1Nc1ccc([N+](=O)[O-])cc1C(=O)NCCN(CCO)CCO. The van der Waals surface area contributed by atoms with E-state index in [1.54, 1.807) is 0 Å². The minimum Gasteiger partial charge on any atom is -0.395 e. The quantitative estimate of drug-likeness (QED) is 0.200. The number of aliphatic hydroxyl groups excluding tert-OH is 2. The van der Waals surface area contributed by atoms with Crippen molar-refractivity contribution >= 4 is 45.6 Å². The fraction of sp³-hybridized carbons (Fsp3) is 0.350. The first-order chi connectivity index (χ1) is 14.3. The Bertz CT molecular complexity index is 887. The number of carbonyl (C=O) groups is 1. The first-order valence-electron chi connectivity index (χ1n) is 9.39. The molecular weight excluding hydrogens is 503 g/mol. The van der Waals surface area contributed by atoms with Crippen LogP contribution in [0.4, 0.5) is 17.1 Å². The van der Waals surface area contributed by atoms with E-state index >= 15 is 0 Å². The third-order valence-electron chi connectivity index (χ3n) is 4.46. The molecule has 0 bridgehead atoms. The molecule has 0 saturated heterocycles. The molecule has 9 nitrogen and oxygen atoms in total. The van der Waals surface area contributed by atoms with E-state index in [1.165, 1.54) is 18.2 Å². The predicted molar refractivity (Wildman–Crippen MR) is 123 cm³/mol. The maximum absolute atomic E-state index is 12.8. The summed E-state index contributed by atoms with van der Waals surface area (Å²) in [6.45, 7) is 3.29. The van der Waals surface area contributed by atoms with Crippen molar-refractivity contribution in [2.75, 3.05) is 44.7 Å². The molecule has 162 valence electrons. The molecule has 0 heterocycles. The number of benzene rings is 2. The molecule has 0 fully saturated rings. The zero-order valence-corrected chi connectivity index (χ0v) is 18.8. The van der Waals surface area contributed by atoms with Crippen LogP contribution in [-0.2, 0) is 0 Å². The van der Waals surface area contributed by atoms with Crippen LogP contribution < -0.4 is 10.6 Å². The molecule has 0 atom stereocenters. The summed E-state index contributed by atoms with van der Waals surface area (Å²) in [5, 5.41) is 35.3. The van der Waals surface area contributed by atoms with Crippen LogP contribution in [0.25, 0.3) is 0 Å². The van der Waals surface area contributed by atoms with Gasteiger partial charge in [0.1, 0.15) is 0 Å². The highest BCUT2D eigenvalue weighted by atomic mass is 127. The van der Waals surface area contributed by atoms with Gasteiger partial charge in [-0.1, -0.05) is 0 Å². The lowest BCUT2D eigenvalue weighted by atomic mass is 10.1. The molecule has 0 aromatic heterocycles. The Kier molecular flexibility index (Phi) is 9.43. The average molecular weight is 528 g/mol. The number of halogens is 1. The van der Waals surface area contributed by atoms with Gasteiger partial charge in [0.15, 0.2) is 0 Å². The van der Waals surface area contributed by atoms with Gasteiger partial charge in [-0.2, -0.15) is 0 Å². The molecule has 2 rings (SSSR count). The highest BCUT2D eigenvalue weighted by molar-refractivity contribution is 14.1. The van der Waals surface area contributed by atoms with E-state index in [2.05, 4.69) is 33.2 Å². The number of rotatable bonds is 11. The van der Waals surface area contributed by atoms with Crippen molar-refractivity contribution in [2.24, 2.45) is 0 Å². The molecule has 4 N–H and O–H groups in total. The van der Waals surface area contributed by atoms with Crippen LogP contribution in [-0.4, -0.2) is 65.3 Å². The Labute approximate surface area is 188 Å². The Morgan fingerprint density at radius 1 is 1.10 bits per heavy atom. The molecule has 2 aromatic rings. The van der Waals surface area contributed by atoms with E-state index in [4.69, 9.17) is 10.2 Å². The minimum absolute atomic E-state index is 0.0533. The first kappa shape index (κ1) is 24.0. The third kappa shape index (κ3) is 6.90. The van der Waals surface area contributed by atoms with E-state index in [9.17, 15) is 14.9 Å². The largest absolute Gasteiger partial charge is 0.395 e. The maximum atomic E-state index is 12.8.